The number of anilines is 1. The van der Waals surface area contributed by atoms with Gasteiger partial charge in [0.1, 0.15) is 0 Å². The minimum atomic E-state index is -0.372. The van der Waals surface area contributed by atoms with Gasteiger partial charge in [0.05, 0.1) is 5.41 Å². The maximum Gasteiger partial charge on any atom is 0.235 e. The number of carbonyl (C=O) groups excluding carboxylic acids is 1. The fourth-order valence-electron chi connectivity index (χ4n) is 2.16. The van der Waals surface area contributed by atoms with Gasteiger partial charge in [-0.3, -0.25) is 4.79 Å². The molecule has 0 radical (unpaired) electrons. The quantitative estimate of drug-likeness (QED) is 0.747. The number of fused-ring (bicyclic) bond motifs is 1. The lowest BCUT2D eigenvalue weighted by Gasteiger charge is -2.26. The van der Waals surface area contributed by atoms with Gasteiger partial charge in [0, 0.05) is 5.69 Å². The largest absolute Gasteiger partial charge is 0.325 e. The van der Waals surface area contributed by atoms with Crippen LogP contribution in [0.25, 0.3) is 0 Å². The maximum atomic E-state index is 12.0. The first-order chi connectivity index (χ1) is 6.96. The Labute approximate surface area is 90.7 Å². The Kier molecular flexibility index (Phi) is 2.10. The molecule has 1 heterocycles. The molecule has 1 aliphatic rings. The van der Waals surface area contributed by atoms with E-state index in [2.05, 4.69) is 31.3 Å². The molecule has 0 saturated carbocycles. The van der Waals surface area contributed by atoms with Crippen molar-refractivity contribution in [3.63, 3.8) is 0 Å². The van der Waals surface area contributed by atoms with E-state index in [1.54, 1.807) is 0 Å². The third-order valence-corrected chi connectivity index (χ3v) is 3.61. The van der Waals surface area contributed by atoms with Crippen molar-refractivity contribution >= 4 is 11.6 Å². The van der Waals surface area contributed by atoms with Crippen molar-refractivity contribution in [2.24, 2.45) is 5.92 Å². The second-order valence-electron chi connectivity index (χ2n) is 4.86. The molecule has 0 aromatic heterocycles. The molecule has 80 valence electrons. The minimum absolute atomic E-state index is 0.123. The van der Waals surface area contributed by atoms with Gasteiger partial charge < -0.3 is 5.32 Å². The predicted octanol–water partition coefficient (Wildman–Crippen LogP) is 2.86. The summed E-state index contributed by atoms with van der Waals surface area (Å²) in [6.07, 6.45) is 0. The third-order valence-electron chi connectivity index (χ3n) is 3.61. The number of benzene rings is 1. The highest BCUT2D eigenvalue weighted by molar-refractivity contribution is 6.06. The summed E-state index contributed by atoms with van der Waals surface area (Å²) in [4.78, 5) is 12.0. The van der Waals surface area contributed by atoms with Crippen LogP contribution in [0.15, 0.2) is 18.2 Å². The molecule has 0 spiro atoms. The molecule has 1 atom stereocenters. The molecule has 2 nitrogen and oxygen atoms in total. The average Bonchev–Trinajstić information content (AvgIpc) is 2.39. The van der Waals surface area contributed by atoms with Gasteiger partial charge in [-0.05, 0) is 37.0 Å². The van der Waals surface area contributed by atoms with E-state index in [0.29, 0.717) is 5.92 Å². The first kappa shape index (κ1) is 10.2. The zero-order valence-corrected chi connectivity index (χ0v) is 9.72. The van der Waals surface area contributed by atoms with Gasteiger partial charge in [-0.25, -0.2) is 0 Å². The maximum absolute atomic E-state index is 12.0. The zero-order valence-electron chi connectivity index (χ0n) is 9.72. The molecule has 2 heteroatoms. The van der Waals surface area contributed by atoms with Crippen LogP contribution < -0.4 is 5.32 Å². The Morgan fingerprint density at radius 3 is 2.60 bits per heavy atom. The summed E-state index contributed by atoms with van der Waals surface area (Å²) in [7, 11) is 0. The highest BCUT2D eigenvalue weighted by Crippen LogP contribution is 2.42. The molecule has 0 aliphatic carbocycles. The molecule has 1 aromatic carbocycles. The minimum Gasteiger partial charge on any atom is -0.325 e. The molecule has 0 saturated heterocycles. The normalized spacial score (nSPS) is 24.2. The van der Waals surface area contributed by atoms with Crippen LogP contribution in [0.3, 0.4) is 0 Å². The van der Waals surface area contributed by atoms with Crippen LogP contribution in [0.1, 0.15) is 31.9 Å². The van der Waals surface area contributed by atoms with Crippen LogP contribution in [0, 0.1) is 12.8 Å². The van der Waals surface area contributed by atoms with Gasteiger partial charge in [-0.1, -0.05) is 26.0 Å². The fraction of sp³-hybridized carbons (Fsp3) is 0.462. The Bertz CT molecular complexity index is 423. The summed E-state index contributed by atoms with van der Waals surface area (Å²) < 4.78 is 0. The first-order valence-electron chi connectivity index (χ1n) is 5.39. The summed E-state index contributed by atoms with van der Waals surface area (Å²) in [5.41, 5.74) is 2.93. The third kappa shape index (κ3) is 1.28. The van der Waals surface area contributed by atoms with Crippen LogP contribution in [-0.4, -0.2) is 5.91 Å². The van der Waals surface area contributed by atoms with Crippen LogP contribution in [0.4, 0.5) is 5.69 Å². The Hall–Kier alpha value is -1.31. The monoisotopic (exact) mass is 203 g/mol. The van der Waals surface area contributed by atoms with Crippen molar-refractivity contribution in [1.82, 2.24) is 0 Å². The van der Waals surface area contributed by atoms with Gasteiger partial charge in [-0.15, -0.1) is 0 Å². The van der Waals surface area contributed by atoms with Crippen molar-refractivity contribution in [3.8, 4) is 0 Å². The smallest absolute Gasteiger partial charge is 0.235 e. The number of nitrogens with one attached hydrogen (secondary N) is 1. The van der Waals surface area contributed by atoms with Gasteiger partial charge in [0.25, 0.3) is 0 Å². The molecule has 2 rings (SSSR count). The second-order valence-corrected chi connectivity index (χ2v) is 4.86. The summed E-state index contributed by atoms with van der Waals surface area (Å²) in [6.45, 7) is 8.24. The second kappa shape index (κ2) is 3.09. The summed E-state index contributed by atoms with van der Waals surface area (Å²) in [5.74, 6) is 0.430. The fourth-order valence-corrected chi connectivity index (χ4v) is 2.16. The van der Waals surface area contributed by atoms with Crippen molar-refractivity contribution in [1.29, 1.82) is 0 Å². The Morgan fingerprint density at radius 1 is 1.33 bits per heavy atom. The predicted molar refractivity (Wildman–Crippen MR) is 62.0 cm³/mol. The van der Waals surface area contributed by atoms with E-state index in [1.165, 1.54) is 5.56 Å². The number of aryl methyl sites for hydroxylation is 1. The van der Waals surface area contributed by atoms with Crippen LogP contribution in [-0.2, 0) is 10.2 Å². The van der Waals surface area contributed by atoms with Crippen molar-refractivity contribution < 1.29 is 4.79 Å². The first-order valence-corrected chi connectivity index (χ1v) is 5.39. The molecular weight excluding hydrogens is 186 g/mol. The van der Waals surface area contributed by atoms with Crippen molar-refractivity contribution in [3.05, 3.63) is 29.3 Å². The van der Waals surface area contributed by atoms with Crippen LogP contribution in [0.5, 0.6) is 0 Å². The van der Waals surface area contributed by atoms with E-state index in [-0.39, 0.29) is 11.3 Å². The summed E-state index contributed by atoms with van der Waals surface area (Å²) in [6, 6.07) is 6.18. The molecule has 0 bridgehead atoms. The average molecular weight is 203 g/mol. The topological polar surface area (TPSA) is 29.1 Å². The SMILES string of the molecule is Cc1ccc2c(c1)NC(=O)[C@]2(C)C(C)C. The molecule has 1 N–H and O–H groups in total. The van der Waals surface area contributed by atoms with E-state index in [0.717, 1.165) is 11.3 Å². The highest BCUT2D eigenvalue weighted by Gasteiger charge is 2.44. The van der Waals surface area contributed by atoms with E-state index < -0.39 is 0 Å². The number of hydrogen-bond donors (Lipinski definition) is 1. The standard InChI is InChI=1S/C13H17NO/c1-8(2)13(4)10-6-5-9(3)7-11(10)14-12(13)15/h5-8H,1-4H3,(H,14,15)/t13-/m1/s1. The summed E-state index contributed by atoms with van der Waals surface area (Å²) in [5, 5.41) is 2.97. The van der Waals surface area contributed by atoms with E-state index in [4.69, 9.17) is 0 Å². The van der Waals surface area contributed by atoms with Crippen molar-refractivity contribution in [2.45, 2.75) is 33.1 Å². The zero-order chi connectivity index (χ0) is 11.2. The number of amides is 1. The molecule has 15 heavy (non-hydrogen) atoms. The number of rotatable bonds is 1. The molecule has 1 aromatic rings. The van der Waals surface area contributed by atoms with E-state index >= 15 is 0 Å². The van der Waals surface area contributed by atoms with E-state index in [9.17, 15) is 4.79 Å². The van der Waals surface area contributed by atoms with Gasteiger partial charge in [0.2, 0.25) is 5.91 Å². The summed E-state index contributed by atoms with van der Waals surface area (Å²) >= 11 is 0. The molecule has 0 unspecified atom stereocenters. The lowest BCUT2D eigenvalue weighted by atomic mass is 9.74. The Balaban J connectivity index is 2.60. The number of hydrogen-bond acceptors (Lipinski definition) is 1. The molecule has 1 aliphatic heterocycles. The molecule has 0 fully saturated rings. The van der Waals surface area contributed by atoms with Crippen LogP contribution >= 0.6 is 0 Å². The van der Waals surface area contributed by atoms with Gasteiger partial charge >= 0.3 is 0 Å². The molecular formula is C13H17NO. The lowest BCUT2D eigenvalue weighted by Crippen LogP contribution is -2.36. The molecule has 1 amide bonds. The van der Waals surface area contributed by atoms with Gasteiger partial charge in [-0.2, -0.15) is 0 Å². The lowest BCUT2D eigenvalue weighted by molar-refractivity contribution is -0.121. The van der Waals surface area contributed by atoms with Crippen LogP contribution in [0.2, 0.25) is 0 Å². The Morgan fingerprint density at radius 2 is 2.00 bits per heavy atom. The van der Waals surface area contributed by atoms with Crippen molar-refractivity contribution in [2.75, 3.05) is 5.32 Å². The highest BCUT2D eigenvalue weighted by atomic mass is 16.2. The van der Waals surface area contributed by atoms with E-state index in [1.807, 2.05) is 19.9 Å². The number of carbonyl (C=O) groups is 1. The van der Waals surface area contributed by atoms with Gasteiger partial charge in [0.15, 0.2) is 0 Å².